The predicted octanol–water partition coefficient (Wildman–Crippen LogP) is 5.45. The molecule has 0 aliphatic carbocycles. The number of ether oxygens (including phenoxy) is 2. The molecule has 0 unspecified atom stereocenters. The Morgan fingerprint density at radius 3 is 2.00 bits per heavy atom. The third kappa shape index (κ3) is 4.16. The van der Waals surface area contributed by atoms with Gasteiger partial charge in [-0.05, 0) is 55.0 Å². The third-order valence-corrected chi connectivity index (χ3v) is 3.31. The normalized spacial score (nSPS) is 11.2. The molecule has 2 aromatic carbocycles. The zero-order valence-corrected chi connectivity index (χ0v) is 12.0. The van der Waals surface area contributed by atoms with Crippen molar-refractivity contribution in [3.05, 3.63) is 52.5 Å². The van der Waals surface area contributed by atoms with Gasteiger partial charge in [0, 0.05) is 4.47 Å². The molecule has 0 amide bonds. The van der Waals surface area contributed by atoms with Crippen LogP contribution in [0.1, 0.15) is 5.56 Å². The fraction of sp³-hybridized carbons (Fsp3) is 0.143. The lowest BCUT2D eigenvalue weighted by Crippen LogP contribution is -2.16. The summed E-state index contributed by atoms with van der Waals surface area (Å²) in [4.78, 5) is 0. The van der Waals surface area contributed by atoms with E-state index in [9.17, 15) is 13.2 Å². The molecule has 0 fully saturated rings. The monoisotopic (exact) mass is 346 g/mol. The van der Waals surface area contributed by atoms with Gasteiger partial charge >= 0.3 is 6.36 Å². The second-order valence-corrected chi connectivity index (χ2v) is 4.89. The highest BCUT2D eigenvalue weighted by atomic mass is 79.9. The summed E-state index contributed by atoms with van der Waals surface area (Å²) in [7, 11) is 0. The fourth-order valence-corrected chi connectivity index (χ4v) is 1.77. The van der Waals surface area contributed by atoms with Crippen LogP contribution in [0.15, 0.2) is 46.9 Å². The Labute approximate surface area is 122 Å². The molecule has 2 rings (SSSR count). The average molecular weight is 347 g/mol. The number of aryl methyl sites for hydroxylation is 1. The first-order valence-electron chi connectivity index (χ1n) is 5.63. The molecule has 20 heavy (non-hydrogen) atoms. The Balaban J connectivity index is 2.08. The largest absolute Gasteiger partial charge is 0.573 e. The van der Waals surface area contributed by atoms with Crippen LogP contribution in [0, 0.1) is 6.92 Å². The van der Waals surface area contributed by atoms with Crippen LogP contribution in [-0.4, -0.2) is 6.36 Å². The van der Waals surface area contributed by atoms with Crippen LogP contribution in [0.25, 0.3) is 0 Å². The molecule has 6 heteroatoms. The lowest BCUT2D eigenvalue weighted by molar-refractivity contribution is -0.274. The van der Waals surface area contributed by atoms with Crippen LogP contribution < -0.4 is 9.47 Å². The lowest BCUT2D eigenvalue weighted by atomic mass is 10.2. The molecule has 0 N–H and O–H groups in total. The van der Waals surface area contributed by atoms with E-state index < -0.39 is 6.36 Å². The Kier molecular flexibility index (Phi) is 4.23. The molecule has 0 bridgehead atoms. The summed E-state index contributed by atoms with van der Waals surface area (Å²) in [5.74, 6) is 0.758. The van der Waals surface area contributed by atoms with Gasteiger partial charge in [0.05, 0.1) is 0 Å². The van der Waals surface area contributed by atoms with Crippen molar-refractivity contribution in [1.29, 1.82) is 0 Å². The molecule has 106 valence electrons. The van der Waals surface area contributed by atoms with E-state index in [-0.39, 0.29) is 5.75 Å². The molecule has 0 aliphatic rings. The highest BCUT2D eigenvalue weighted by Gasteiger charge is 2.30. The van der Waals surface area contributed by atoms with Gasteiger partial charge in [0.2, 0.25) is 0 Å². The highest BCUT2D eigenvalue weighted by Crippen LogP contribution is 2.29. The molecule has 0 atom stereocenters. The van der Waals surface area contributed by atoms with Gasteiger partial charge in [-0.3, -0.25) is 0 Å². The van der Waals surface area contributed by atoms with E-state index in [1.54, 1.807) is 6.07 Å². The maximum Gasteiger partial charge on any atom is 0.573 e. The predicted molar refractivity (Wildman–Crippen MR) is 72.1 cm³/mol. The molecule has 2 nitrogen and oxygen atoms in total. The molecule has 0 saturated heterocycles. The summed E-state index contributed by atoms with van der Waals surface area (Å²) < 4.78 is 46.3. The SMILES string of the molecule is Cc1cc(Oc2ccc(OC(F)(F)F)cc2)ccc1Br. The molecule has 0 heterocycles. The van der Waals surface area contributed by atoms with Crippen LogP contribution in [-0.2, 0) is 0 Å². The van der Waals surface area contributed by atoms with Gasteiger partial charge < -0.3 is 9.47 Å². The smallest absolute Gasteiger partial charge is 0.457 e. The molecular weight excluding hydrogens is 337 g/mol. The van der Waals surface area contributed by atoms with Gasteiger partial charge in [0.25, 0.3) is 0 Å². The number of hydrogen-bond acceptors (Lipinski definition) is 2. The summed E-state index contributed by atoms with van der Waals surface area (Å²) in [6.07, 6.45) is -4.69. The average Bonchev–Trinajstić information content (AvgIpc) is 2.35. The van der Waals surface area contributed by atoms with Crippen molar-refractivity contribution in [3.63, 3.8) is 0 Å². The van der Waals surface area contributed by atoms with Crippen LogP contribution in [0.3, 0.4) is 0 Å². The van der Waals surface area contributed by atoms with Gasteiger partial charge in [0.15, 0.2) is 0 Å². The Bertz CT molecular complexity index is 594. The molecule has 0 spiro atoms. The first kappa shape index (κ1) is 14.7. The van der Waals surface area contributed by atoms with Gasteiger partial charge in [-0.2, -0.15) is 0 Å². The van der Waals surface area contributed by atoms with Crippen LogP contribution in [0.4, 0.5) is 13.2 Å². The molecule has 0 aliphatic heterocycles. The first-order chi connectivity index (χ1) is 9.33. The van der Waals surface area contributed by atoms with E-state index in [4.69, 9.17) is 4.74 Å². The van der Waals surface area contributed by atoms with Gasteiger partial charge in [-0.15, -0.1) is 13.2 Å². The topological polar surface area (TPSA) is 18.5 Å². The van der Waals surface area contributed by atoms with Gasteiger partial charge in [-0.1, -0.05) is 15.9 Å². The van der Waals surface area contributed by atoms with E-state index in [1.807, 2.05) is 19.1 Å². The zero-order valence-electron chi connectivity index (χ0n) is 10.4. The number of rotatable bonds is 3. The van der Waals surface area contributed by atoms with E-state index in [2.05, 4.69) is 20.7 Å². The highest BCUT2D eigenvalue weighted by molar-refractivity contribution is 9.10. The second kappa shape index (κ2) is 5.75. The quantitative estimate of drug-likeness (QED) is 0.735. The Hall–Kier alpha value is -1.69. The van der Waals surface area contributed by atoms with Gasteiger partial charge in [-0.25, -0.2) is 0 Å². The van der Waals surface area contributed by atoms with Crippen molar-refractivity contribution in [2.75, 3.05) is 0 Å². The minimum atomic E-state index is -4.69. The summed E-state index contributed by atoms with van der Waals surface area (Å²) in [5.41, 5.74) is 1.000. The number of benzene rings is 2. The summed E-state index contributed by atoms with van der Waals surface area (Å²) >= 11 is 3.37. The van der Waals surface area contributed by atoms with Crippen molar-refractivity contribution in [2.45, 2.75) is 13.3 Å². The van der Waals surface area contributed by atoms with Crippen molar-refractivity contribution in [2.24, 2.45) is 0 Å². The molecule has 2 aromatic rings. The van der Waals surface area contributed by atoms with Gasteiger partial charge in [0.1, 0.15) is 17.2 Å². The standard InChI is InChI=1S/C14H10BrF3O2/c1-9-8-12(6-7-13(9)15)19-10-2-4-11(5-3-10)20-14(16,17)18/h2-8H,1H3. The number of alkyl halides is 3. The van der Waals surface area contributed by atoms with Crippen LogP contribution in [0.2, 0.25) is 0 Å². The molecule has 0 saturated carbocycles. The maximum atomic E-state index is 12.0. The molecule has 0 aromatic heterocycles. The first-order valence-corrected chi connectivity index (χ1v) is 6.42. The van der Waals surface area contributed by atoms with Crippen molar-refractivity contribution in [1.82, 2.24) is 0 Å². The zero-order chi connectivity index (χ0) is 14.8. The minimum absolute atomic E-state index is 0.281. The molecule has 0 radical (unpaired) electrons. The number of hydrogen-bond donors (Lipinski definition) is 0. The lowest BCUT2D eigenvalue weighted by Gasteiger charge is -2.10. The van der Waals surface area contributed by atoms with E-state index in [1.165, 1.54) is 24.3 Å². The fourth-order valence-electron chi connectivity index (χ4n) is 1.53. The van der Waals surface area contributed by atoms with Crippen LogP contribution in [0.5, 0.6) is 17.2 Å². The van der Waals surface area contributed by atoms with E-state index in [0.717, 1.165) is 10.0 Å². The Morgan fingerprint density at radius 1 is 0.900 bits per heavy atom. The van der Waals surface area contributed by atoms with Crippen LogP contribution >= 0.6 is 15.9 Å². The molecular formula is C14H10BrF3O2. The Morgan fingerprint density at radius 2 is 1.45 bits per heavy atom. The summed E-state index contributed by atoms with van der Waals surface area (Å²) in [5, 5.41) is 0. The maximum absolute atomic E-state index is 12.0. The number of halogens is 4. The summed E-state index contributed by atoms with van der Waals surface area (Å²) in [6.45, 7) is 1.91. The van der Waals surface area contributed by atoms with Crippen molar-refractivity contribution in [3.8, 4) is 17.2 Å². The second-order valence-electron chi connectivity index (χ2n) is 4.03. The van der Waals surface area contributed by atoms with Crippen molar-refractivity contribution >= 4 is 15.9 Å². The third-order valence-electron chi connectivity index (χ3n) is 2.42. The van der Waals surface area contributed by atoms with E-state index >= 15 is 0 Å². The summed E-state index contributed by atoms with van der Waals surface area (Å²) in [6, 6.07) is 10.7. The van der Waals surface area contributed by atoms with Crippen molar-refractivity contribution < 1.29 is 22.6 Å². The minimum Gasteiger partial charge on any atom is -0.457 e. The van der Waals surface area contributed by atoms with E-state index in [0.29, 0.717) is 11.5 Å².